The molecule has 0 aliphatic carbocycles. The molecule has 0 radical (unpaired) electrons. The Morgan fingerprint density at radius 2 is 2.12 bits per heavy atom. The lowest BCUT2D eigenvalue weighted by Gasteiger charge is -2.38. The van der Waals surface area contributed by atoms with Crippen LogP contribution in [-0.4, -0.2) is 30.1 Å². The van der Waals surface area contributed by atoms with Gasteiger partial charge in [-0.05, 0) is 37.9 Å². The maximum absolute atomic E-state index is 12.0. The summed E-state index contributed by atoms with van der Waals surface area (Å²) in [5.74, 6) is 0. The molecule has 25 heavy (non-hydrogen) atoms. The van der Waals surface area contributed by atoms with Crippen LogP contribution in [0.4, 0.5) is 0 Å². The average Bonchev–Trinajstić information content (AvgIpc) is 2.93. The molecule has 1 N–H and O–H groups in total. The molecule has 0 amide bonds. The van der Waals surface area contributed by atoms with Gasteiger partial charge in [-0.1, -0.05) is 20.8 Å². The van der Waals surface area contributed by atoms with Crippen LogP contribution >= 0.6 is 0 Å². The largest absolute Gasteiger partial charge is 0.413 e. The van der Waals surface area contributed by atoms with E-state index in [1.54, 1.807) is 6.92 Å². The van der Waals surface area contributed by atoms with Crippen molar-refractivity contribution in [1.29, 1.82) is 5.26 Å². The van der Waals surface area contributed by atoms with E-state index in [-0.39, 0.29) is 11.6 Å². The average molecular weight is 366 g/mol. The highest BCUT2D eigenvalue weighted by Crippen LogP contribution is 2.40. The molecule has 7 nitrogen and oxygen atoms in total. The first kappa shape index (κ1) is 19.6. The van der Waals surface area contributed by atoms with Gasteiger partial charge in [0, 0.05) is 11.8 Å². The molecule has 1 fully saturated rings. The third-order valence-corrected chi connectivity index (χ3v) is 9.77. The van der Waals surface area contributed by atoms with Crippen molar-refractivity contribution in [3.05, 3.63) is 32.6 Å². The fraction of sp³-hybridized carbons (Fsp3) is 0.706. The first-order chi connectivity index (χ1) is 11.4. The van der Waals surface area contributed by atoms with Crippen molar-refractivity contribution >= 4 is 8.32 Å². The van der Waals surface area contributed by atoms with Gasteiger partial charge in [0.05, 0.1) is 6.61 Å². The highest BCUT2D eigenvalue weighted by atomic mass is 28.4. The maximum Gasteiger partial charge on any atom is 0.330 e. The zero-order valence-corrected chi connectivity index (χ0v) is 16.8. The smallest absolute Gasteiger partial charge is 0.330 e. The Balaban J connectivity index is 2.19. The van der Waals surface area contributed by atoms with Crippen LogP contribution in [0.5, 0.6) is 0 Å². The fourth-order valence-electron chi connectivity index (χ4n) is 2.47. The van der Waals surface area contributed by atoms with Crippen LogP contribution in [0.15, 0.2) is 15.8 Å². The van der Waals surface area contributed by atoms with Gasteiger partial charge in [0.2, 0.25) is 0 Å². The first-order valence-corrected chi connectivity index (χ1v) is 11.4. The number of nitrogens with zero attached hydrogens (tertiary/aromatic N) is 2. The summed E-state index contributed by atoms with van der Waals surface area (Å²) in [5.41, 5.74) is -1.58. The monoisotopic (exact) mass is 365 g/mol. The number of rotatable bonds is 4. The minimum atomic E-state index is -2.01. The predicted molar refractivity (Wildman–Crippen MR) is 96.9 cm³/mol. The summed E-state index contributed by atoms with van der Waals surface area (Å²) in [6, 6.07) is 2.23. The second-order valence-electron chi connectivity index (χ2n) is 8.24. The van der Waals surface area contributed by atoms with E-state index in [2.05, 4.69) is 44.9 Å². The fourth-order valence-corrected chi connectivity index (χ4v) is 3.49. The second kappa shape index (κ2) is 6.55. The lowest BCUT2D eigenvalue weighted by atomic mass is 10.0. The van der Waals surface area contributed by atoms with Crippen molar-refractivity contribution in [3.8, 4) is 6.07 Å². The van der Waals surface area contributed by atoms with Crippen LogP contribution in [0, 0.1) is 18.3 Å². The van der Waals surface area contributed by atoms with Crippen LogP contribution in [0.25, 0.3) is 0 Å². The van der Waals surface area contributed by atoms with E-state index in [1.807, 2.05) is 0 Å². The lowest BCUT2D eigenvalue weighted by molar-refractivity contribution is -0.0634. The summed E-state index contributed by atoms with van der Waals surface area (Å²) >= 11 is 0. The van der Waals surface area contributed by atoms with Crippen molar-refractivity contribution < 1.29 is 9.16 Å². The number of hydrogen-bond acceptors (Lipinski definition) is 5. The van der Waals surface area contributed by atoms with Gasteiger partial charge in [0.15, 0.2) is 13.9 Å². The van der Waals surface area contributed by atoms with E-state index < -0.39 is 31.4 Å². The van der Waals surface area contributed by atoms with Crippen LogP contribution in [-0.2, 0) is 9.16 Å². The summed E-state index contributed by atoms with van der Waals surface area (Å²) in [7, 11) is -2.01. The number of aromatic nitrogens is 2. The number of nitriles is 1. The molecule has 0 spiro atoms. The zero-order chi connectivity index (χ0) is 19.0. The minimum absolute atomic E-state index is 0.0363. The number of aryl methyl sites for hydroxylation is 1. The van der Waals surface area contributed by atoms with Gasteiger partial charge in [0.25, 0.3) is 5.56 Å². The molecule has 1 saturated heterocycles. The summed E-state index contributed by atoms with van der Waals surface area (Å²) in [4.78, 5) is 25.8. The molecule has 1 aromatic heterocycles. The molecule has 0 aromatic carbocycles. The molecule has 0 saturated carbocycles. The summed E-state index contributed by atoms with van der Waals surface area (Å²) in [5, 5.41) is 9.70. The Labute approximate surface area is 148 Å². The molecule has 1 aliphatic heterocycles. The number of H-pyrrole nitrogens is 1. The van der Waals surface area contributed by atoms with Crippen LogP contribution in [0.2, 0.25) is 18.1 Å². The Hall–Kier alpha value is -1.69. The highest BCUT2D eigenvalue weighted by molar-refractivity contribution is 6.74. The zero-order valence-electron chi connectivity index (χ0n) is 15.8. The van der Waals surface area contributed by atoms with Gasteiger partial charge in [-0.3, -0.25) is 14.3 Å². The normalized spacial score (nSPS) is 24.3. The van der Waals surface area contributed by atoms with Crippen LogP contribution in [0.3, 0.4) is 0 Å². The predicted octanol–water partition coefficient (Wildman–Crippen LogP) is 2.44. The molecular weight excluding hydrogens is 338 g/mol. The topological polar surface area (TPSA) is 97.1 Å². The van der Waals surface area contributed by atoms with E-state index in [0.29, 0.717) is 18.4 Å². The van der Waals surface area contributed by atoms with Crippen molar-refractivity contribution in [2.45, 2.75) is 70.5 Å². The Morgan fingerprint density at radius 3 is 2.68 bits per heavy atom. The highest BCUT2D eigenvalue weighted by Gasteiger charge is 2.45. The van der Waals surface area contributed by atoms with E-state index in [0.717, 1.165) is 0 Å². The van der Waals surface area contributed by atoms with Crippen molar-refractivity contribution in [2.75, 3.05) is 6.61 Å². The quantitative estimate of drug-likeness (QED) is 0.827. The molecule has 2 rings (SSSR count). The molecule has 0 bridgehead atoms. The van der Waals surface area contributed by atoms with E-state index >= 15 is 0 Å². The number of ether oxygens (including phenoxy) is 1. The summed E-state index contributed by atoms with van der Waals surface area (Å²) in [6.45, 7) is 12.5. The van der Waals surface area contributed by atoms with Gasteiger partial charge < -0.3 is 9.16 Å². The van der Waals surface area contributed by atoms with Crippen molar-refractivity contribution in [1.82, 2.24) is 9.55 Å². The molecule has 1 aromatic rings. The summed E-state index contributed by atoms with van der Waals surface area (Å²) in [6.07, 6.45) is 1.90. The molecule has 138 valence electrons. The first-order valence-electron chi connectivity index (χ1n) is 8.46. The third kappa shape index (κ3) is 3.94. The molecule has 8 heteroatoms. The van der Waals surface area contributed by atoms with Gasteiger partial charge >= 0.3 is 5.69 Å². The van der Waals surface area contributed by atoms with Crippen molar-refractivity contribution in [3.63, 3.8) is 0 Å². The third-order valence-electron chi connectivity index (χ3n) is 5.29. The second-order valence-corrected chi connectivity index (χ2v) is 13.1. The van der Waals surface area contributed by atoms with Crippen LogP contribution < -0.4 is 11.2 Å². The van der Waals surface area contributed by atoms with Gasteiger partial charge in [-0.15, -0.1) is 0 Å². The lowest BCUT2D eigenvalue weighted by Crippen LogP contribution is -2.46. The van der Waals surface area contributed by atoms with E-state index in [1.165, 1.54) is 10.8 Å². The standard InChI is InChI=1S/C17H27N3O4Si/c1-12-9-20(15(22)19-14(12)21)13-7-8-17(10-18,24-13)11-23-25(5,6)16(2,3)4/h9,13H,7-8,11H2,1-6H3,(H,19,21,22)/t13-,17+/m1/s1. The SMILES string of the molecule is Cc1cn([C@H]2CC[C@](C#N)(CO[Si](C)(C)C(C)(C)C)O2)c(=O)[nH]c1=O. The molecule has 2 atom stereocenters. The number of aromatic amines is 1. The summed E-state index contributed by atoms with van der Waals surface area (Å²) < 4.78 is 13.5. The van der Waals surface area contributed by atoms with Gasteiger partial charge in [-0.2, -0.15) is 5.26 Å². The Morgan fingerprint density at radius 1 is 1.48 bits per heavy atom. The van der Waals surface area contributed by atoms with Gasteiger partial charge in [-0.25, -0.2) is 4.79 Å². The molecule has 2 heterocycles. The molecule has 1 aliphatic rings. The number of hydrogen-bond donors (Lipinski definition) is 1. The van der Waals surface area contributed by atoms with Gasteiger partial charge in [0.1, 0.15) is 12.3 Å². The Kier molecular flexibility index (Phi) is 5.15. The van der Waals surface area contributed by atoms with Crippen LogP contribution in [0.1, 0.15) is 45.4 Å². The maximum atomic E-state index is 12.0. The molecule has 0 unspecified atom stereocenters. The minimum Gasteiger partial charge on any atom is -0.413 e. The van der Waals surface area contributed by atoms with Crippen molar-refractivity contribution in [2.24, 2.45) is 0 Å². The van der Waals surface area contributed by atoms with E-state index in [4.69, 9.17) is 9.16 Å². The molecular formula is C17H27N3O4Si. The van der Waals surface area contributed by atoms with E-state index in [9.17, 15) is 14.9 Å². The Bertz CT molecular complexity index is 800. The number of nitrogens with one attached hydrogen (secondary N) is 1.